The fraction of sp³-hybridized carbons (Fsp3) is 0.417. The summed E-state index contributed by atoms with van der Waals surface area (Å²) in [5.74, 6) is -0.690. The second-order valence-electron chi connectivity index (χ2n) is 6.84. The molecule has 0 aliphatic rings. The quantitative estimate of drug-likeness (QED) is 0.328. The maximum atomic E-state index is 10.4. The summed E-state index contributed by atoms with van der Waals surface area (Å²) in [6.07, 6.45) is 8.96. The highest BCUT2D eigenvalue weighted by Crippen LogP contribution is 2.08. The van der Waals surface area contributed by atoms with Crippen molar-refractivity contribution >= 4 is 22.8 Å². The molecule has 0 bridgehead atoms. The molecule has 0 aromatic heterocycles. The van der Waals surface area contributed by atoms with E-state index in [0.29, 0.717) is 12.8 Å². The molecular weight excluding hydrogens is 372 g/mol. The fourth-order valence-corrected chi connectivity index (χ4v) is 2.97. The molecule has 0 unspecified atom stereocenters. The fourth-order valence-electron chi connectivity index (χ4n) is 2.84. The van der Waals surface area contributed by atoms with E-state index in [9.17, 15) is 9.59 Å². The Labute approximate surface area is 173 Å². The zero-order valence-electron chi connectivity index (χ0n) is 16.5. The predicted octanol–water partition coefficient (Wildman–Crippen LogP) is 6.43. The highest BCUT2D eigenvalue weighted by Gasteiger charge is 1.97. The number of aryl methyl sites for hydroxylation is 2. The molecule has 28 heavy (non-hydrogen) atoms. The first-order chi connectivity index (χ1) is 13.6. The van der Waals surface area contributed by atoms with Gasteiger partial charge in [-0.25, -0.2) is 0 Å². The molecule has 0 amide bonds. The minimum absolute atomic E-state index is 0.218. The molecule has 0 fully saturated rings. The predicted molar refractivity (Wildman–Crippen MR) is 116 cm³/mol. The molecule has 0 aliphatic carbocycles. The van der Waals surface area contributed by atoms with Gasteiger partial charge in [0.25, 0.3) is 0 Å². The highest BCUT2D eigenvalue weighted by molar-refractivity contribution is 6.63. The van der Waals surface area contributed by atoms with Crippen LogP contribution in [0.2, 0.25) is 0 Å². The SMILES string of the molecule is O=C(Cl)CCCCCc1ccccc1.O=C(O)CCCCCc1ccccc1. The third-order valence-corrected chi connectivity index (χ3v) is 4.57. The first-order valence-electron chi connectivity index (χ1n) is 10.1. The van der Waals surface area contributed by atoms with Crippen molar-refractivity contribution < 1.29 is 14.7 Å². The molecule has 0 aliphatic heterocycles. The summed E-state index contributed by atoms with van der Waals surface area (Å²) in [5.41, 5.74) is 2.70. The number of benzene rings is 2. The van der Waals surface area contributed by atoms with E-state index < -0.39 is 5.97 Å². The van der Waals surface area contributed by atoms with E-state index in [1.807, 2.05) is 24.3 Å². The number of unbranched alkanes of at least 4 members (excludes halogenated alkanes) is 4. The Balaban J connectivity index is 0.000000280. The van der Waals surface area contributed by atoms with E-state index in [0.717, 1.165) is 51.4 Å². The standard InChI is InChI=1S/C12H15ClO.C12H16O2/c2*13-12(14)10-6-2-5-9-11-7-3-1-4-8-11/h1,3-4,7-8H,2,5-6,9-10H2;1,3-4,7-8H,2,5-6,9-10H2,(H,13,14). The average molecular weight is 403 g/mol. The van der Waals surface area contributed by atoms with E-state index in [-0.39, 0.29) is 5.24 Å². The first-order valence-corrected chi connectivity index (χ1v) is 10.4. The lowest BCUT2D eigenvalue weighted by Crippen LogP contribution is -1.94. The maximum Gasteiger partial charge on any atom is 0.303 e. The van der Waals surface area contributed by atoms with E-state index >= 15 is 0 Å². The molecule has 0 saturated heterocycles. The van der Waals surface area contributed by atoms with Gasteiger partial charge < -0.3 is 5.11 Å². The second kappa shape index (κ2) is 15.9. The molecule has 2 rings (SSSR count). The van der Waals surface area contributed by atoms with Gasteiger partial charge >= 0.3 is 5.97 Å². The number of rotatable bonds is 12. The number of carboxylic acids is 1. The van der Waals surface area contributed by atoms with Crippen molar-refractivity contribution in [2.75, 3.05) is 0 Å². The average Bonchev–Trinajstić information content (AvgIpc) is 2.69. The maximum absolute atomic E-state index is 10.4. The van der Waals surface area contributed by atoms with Crippen molar-refractivity contribution in [2.45, 2.75) is 64.2 Å². The van der Waals surface area contributed by atoms with Crippen LogP contribution in [0.15, 0.2) is 60.7 Å². The number of halogens is 1. The lowest BCUT2D eigenvalue weighted by molar-refractivity contribution is -0.137. The van der Waals surface area contributed by atoms with Gasteiger partial charge in [0.1, 0.15) is 0 Å². The minimum Gasteiger partial charge on any atom is -0.481 e. The largest absolute Gasteiger partial charge is 0.481 e. The summed E-state index contributed by atoms with van der Waals surface area (Å²) in [6.45, 7) is 0. The molecule has 0 saturated carbocycles. The van der Waals surface area contributed by atoms with Gasteiger partial charge in [-0.05, 0) is 61.3 Å². The molecule has 4 heteroatoms. The third kappa shape index (κ3) is 14.0. The van der Waals surface area contributed by atoms with Crippen molar-refractivity contribution in [3.63, 3.8) is 0 Å². The van der Waals surface area contributed by atoms with Crippen LogP contribution in [0.5, 0.6) is 0 Å². The van der Waals surface area contributed by atoms with Crippen LogP contribution in [-0.4, -0.2) is 16.3 Å². The molecule has 0 atom stereocenters. The number of aliphatic carboxylic acids is 1. The van der Waals surface area contributed by atoms with Gasteiger partial charge in [0.15, 0.2) is 0 Å². The van der Waals surface area contributed by atoms with Crippen LogP contribution in [0.25, 0.3) is 0 Å². The second-order valence-corrected chi connectivity index (χ2v) is 7.26. The molecule has 1 N–H and O–H groups in total. The molecule has 2 aromatic rings. The molecule has 152 valence electrons. The summed E-state index contributed by atoms with van der Waals surface area (Å²) in [6, 6.07) is 20.7. The number of carbonyl (C=O) groups is 2. The van der Waals surface area contributed by atoms with Gasteiger partial charge in [-0.1, -0.05) is 73.5 Å². The van der Waals surface area contributed by atoms with Crippen molar-refractivity contribution in [3.8, 4) is 0 Å². The van der Waals surface area contributed by atoms with Crippen LogP contribution in [0, 0.1) is 0 Å². The van der Waals surface area contributed by atoms with E-state index in [1.54, 1.807) is 0 Å². The van der Waals surface area contributed by atoms with Crippen molar-refractivity contribution in [2.24, 2.45) is 0 Å². The normalized spacial score (nSPS) is 10.0. The van der Waals surface area contributed by atoms with E-state index in [2.05, 4.69) is 36.4 Å². The summed E-state index contributed by atoms with van der Waals surface area (Å²) in [5, 5.41) is 8.21. The van der Waals surface area contributed by atoms with Gasteiger partial charge in [0.2, 0.25) is 5.24 Å². The summed E-state index contributed by atoms with van der Waals surface area (Å²) >= 11 is 5.23. The molecule has 0 radical (unpaired) electrons. The third-order valence-electron chi connectivity index (χ3n) is 4.38. The minimum atomic E-state index is -0.690. The highest BCUT2D eigenvalue weighted by atomic mass is 35.5. The monoisotopic (exact) mass is 402 g/mol. The van der Waals surface area contributed by atoms with Gasteiger partial charge in [-0.2, -0.15) is 0 Å². The molecule has 3 nitrogen and oxygen atoms in total. The lowest BCUT2D eigenvalue weighted by Gasteiger charge is -1.99. The van der Waals surface area contributed by atoms with E-state index in [1.165, 1.54) is 11.1 Å². The first kappa shape index (κ1) is 23.9. The van der Waals surface area contributed by atoms with Gasteiger partial charge in [0, 0.05) is 12.8 Å². The number of carbonyl (C=O) groups excluding carboxylic acids is 1. The zero-order chi connectivity index (χ0) is 20.5. The zero-order valence-corrected chi connectivity index (χ0v) is 17.2. The van der Waals surface area contributed by atoms with Gasteiger partial charge in [0.05, 0.1) is 0 Å². The molecular formula is C24H31ClO3. The topological polar surface area (TPSA) is 54.4 Å². The summed E-state index contributed by atoms with van der Waals surface area (Å²) in [7, 11) is 0. The Bertz CT molecular complexity index is 597. The molecule has 2 aromatic carbocycles. The Morgan fingerprint density at radius 2 is 1.07 bits per heavy atom. The van der Waals surface area contributed by atoms with Crippen LogP contribution in [0.1, 0.15) is 62.5 Å². The van der Waals surface area contributed by atoms with Gasteiger partial charge in [-0.3, -0.25) is 9.59 Å². The van der Waals surface area contributed by atoms with Gasteiger partial charge in [-0.15, -0.1) is 0 Å². The van der Waals surface area contributed by atoms with Crippen LogP contribution in [-0.2, 0) is 22.4 Å². The summed E-state index contributed by atoms with van der Waals surface area (Å²) in [4.78, 5) is 20.7. The molecule has 0 spiro atoms. The Hall–Kier alpha value is -2.13. The van der Waals surface area contributed by atoms with Crippen LogP contribution >= 0.6 is 11.6 Å². The lowest BCUT2D eigenvalue weighted by atomic mass is 10.1. The van der Waals surface area contributed by atoms with Crippen molar-refractivity contribution in [3.05, 3.63) is 71.8 Å². The number of carboxylic acid groups (broad SMARTS) is 1. The van der Waals surface area contributed by atoms with Crippen molar-refractivity contribution in [1.29, 1.82) is 0 Å². The van der Waals surface area contributed by atoms with Crippen LogP contribution in [0.3, 0.4) is 0 Å². The van der Waals surface area contributed by atoms with Crippen LogP contribution < -0.4 is 0 Å². The number of hydrogen-bond donors (Lipinski definition) is 1. The Morgan fingerprint density at radius 3 is 1.46 bits per heavy atom. The van der Waals surface area contributed by atoms with E-state index in [4.69, 9.17) is 16.7 Å². The summed E-state index contributed by atoms with van der Waals surface area (Å²) < 4.78 is 0. The van der Waals surface area contributed by atoms with Crippen LogP contribution in [0.4, 0.5) is 0 Å². The van der Waals surface area contributed by atoms with Crippen molar-refractivity contribution in [1.82, 2.24) is 0 Å². The Morgan fingerprint density at radius 1 is 0.643 bits per heavy atom. The number of hydrogen-bond acceptors (Lipinski definition) is 2. The molecule has 0 heterocycles. The Kier molecular flexibility index (Phi) is 13.6. The smallest absolute Gasteiger partial charge is 0.303 e.